The lowest BCUT2D eigenvalue weighted by Gasteiger charge is -2.38. The van der Waals surface area contributed by atoms with E-state index in [9.17, 15) is 9.59 Å². The molecule has 0 atom stereocenters. The maximum absolute atomic E-state index is 12.9. The summed E-state index contributed by atoms with van der Waals surface area (Å²) < 4.78 is 5.17. The molecule has 0 spiro atoms. The summed E-state index contributed by atoms with van der Waals surface area (Å²) in [5.74, 6) is -0.423. The van der Waals surface area contributed by atoms with Gasteiger partial charge >= 0.3 is 12.0 Å². The quantitative estimate of drug-likeness (QED) is 0.381. The first-order valence-corrected chi connectivity index (χ1v) is 12.6. The lowest BCUT2D eigenvalue weighted by Crippen LogP contribution is -2.46. The monoisotopic (exact) mass is 506 g/mol. The van der Waals surface area contributed by atoms with Crippen LogP contribution in [0.4, 0.5) is 27.5 Å². The second-order valence-electron chi connectivity index (χ2n) is 8.54. The van der Waals surface area contributed by atoms with Gasteiger partial charge in [0.2, 0.25) is 0 Å². The molecule has 1 heterocycles. The van der Waals surface area contributed by atoms with E-state index in [1.54, 1.807) is 19.1 Å². The van der Waals surface area contributed by atoms with Gasteiger partial charge in [0.1, 0.15) is 0 Å². The molecule has 1 aliphatic heterocycles. The van der Waals surface area contributed by atoms with Gasteiger partial charge < -0.3 is 25.2 Å². The third-order valence-corrected chi connectivity index (χ3v) is 6.40. The second-order valence-corrected chi connectivity index (χ2v) is 8.97. The Hall–Kier alpha value is -3.71. The Kier molecular flexibility index (Phi) is 8.33. The van der Waals surface area contributed by atoms with Gasteiger partial charge in [-0.05, 0) is 67.4 Å². The highest BCUT2D eigenvalue weighted by atomic mass is 35.5. The van der Waals surface area contributed by atoms with Crippen molar-refractivity contribution in [1.82, 2.24) is 0 Å². The largest absolute Gasteiger partial charge is 0.462 e. The molecule has 188 valence electrons. The van der Waals surface area contributed by atoms with Gasteiger partial charge in [0.05, 0.1) is 23.5 Å². The molecular formula is C28H31ClN4O3. The van der Waals surface area contributed by atoms with E-state index in [1.807, 2.05) is 48.5 Å². The maximum atomic E-state index is 12.9. The zero-order valence-corrected chi connectivity index (χ0v) is 21.3. The molecule has 1 fully saturated rings. The molecular weight excluding hydrogens is 476 g/mol. The molecule has 0 radical (unpaired) electrons. The molecule has 7 nitrogen and oxygen atoms in total. The minimum Gasteiger partial charge on any atom is -0.462 e. The number of halogens is 1. The van der Waals surface area contributed by atoms with Crippen molar-refractivity contribution in [3.8, 4) is 0 Å². The highest BCUT2D eigenvalue weighted by molar-refractivity contribution is 6.30. The van der Waals surface area contributed by atoms with Crippen LogP contribution in [0.15, 0.2) is 66.7 Å². The normalized spacial score (nSPS) is 13.3. The molecule has 1 saturated heterocycles. The van der Waals surface area contributed by atoms with Crippen molar-refractivity contribution < 1.29 is 14.3 Å². The number of carbonyl (C=O) groups is 2. The topological polar surface area (TPSA) is 73.9 Å². The molecule has 2 amide bonds. The van der Waals surface area contributed by atoms with E-state index in [1.165, 1.54) is 5.56 Å². The number of hydrogen-bond donors (Lipinski definition) is 2. The molecule has 0 aromatic heterocycles. The second kappa shape index (κ2) is 11.8. The minimum absolute atomic E-state index is 0.281. The molecule has 4 rings (SSSR count). The van der Waals surface area contributed by atoms with E-state index in [-0.39, 0.29) is 12.6 Å². The van der Waals surface area contributed by atoms with Crippen molar-refractivity contribution in [3.63, 3.8) is 0 Å². The van der Waals surface area contributed by atoms with Gasteiger partial charge in [0.15, 0.2) is 0 Å². The van der Waals surface area contributed by atoms with E-state index in [0.29, 0.717) is 22.0 Å². The molecule has 8 heteroatoms. The fourth-order valence-electron chi connectivity index (χ4n) is 4.24. The number of piperazine rings is 1. The number of amides is 2. The van der Waals surface area contributed by atoms with Gasteiger partial charge in [-0.2, -0.15) is 0 Å². The molecule has 36 heavy (non-hydrogen) atoms. The first-order valence-electron chi connectivity index (χ1n) is 12.2. The van der Waals surface area contributed by atoms with Gasteiger partial charge in [0.25, 0.3) is 0 Å². The zero-order chi connectivity index (χ0) is 25.5. The number of rotatable bonds is 7. The molecule has 0 aliphatic carbocycles. The Morgan fingerprint density at radius 1 is 0.889 bits per heavy atom. The van der Waals surface area contributed by atoms with Crippen LogP contribution in [0.5, 0.6) is 0 Å². The highest BCUT2D eigenvalue weighted by Crippen LogP contribution is 2.30. The van der Waals surface area contributed by atoms with E-state index < -0.39 is 5.97 Å². The summed E-state index contributed by atoms with van der Waals surface area (Å²) in [4.78, 5) is 29.7. The highest BCUT2D eigenvalue weighted by Gasteiger charge is 2.22. The lowest BCUT2D eigenvalue weighted by atomic mass is 10.1. The minimum atomic E-state index is -0.423. The molecule has 0 bridgehead atoms. The number of aryl methyl sites for hydroxylation is 1. The van der Waals surface area contributed by atoms with Crippen LogP contribution in [-0.4, -0.2) is 44.8 Å². The van der Waals surface area contributed by atoms with Crippen LogP contribution in [0.2, 0.25) is 5.02 Å². The van der Waals surface area contributed by atoms with Crippen LogP contribution < -0.4 is 20.4 Å². The number of nitrogens with zero attached hydrogens (tertiary/aromatic N) is 2. The Morgan fingerprint density at radius 3 is 2.28 bits per heavy atom. The van der Waals surface area contributed by atoms with Gasteiger partial charge in [-0.15, -0.1) is 0 Å². The van der Waals surface area contributed by atoms with Crippen molar-refractivity contribution in [3.05, 3.63) is 82.9 Å². The summed E-state index contributed by atoms with van der Waals surface area (Å²) in [7, 11) is 0. The Labute approximate surface area is 217 Å². The summed E-state index contributed by atoms with van der Waals surface area (Å²) in [6, 6.07) is 20.5. The average molecular weight is 507 g/mol. The fraction of sp³-hybridized carbons (Fsp3) is 0.286. The van der Waals surface area contributed by atoms with Crippen LogP contribution in [-0.2, 0) is 11.2 Å². The Morgan fingerprint density at radius 2 is 1.61 bits per heavy atom. The van der Waals surface area contributed by atoms with Crippen LogP contribution in [0.1, 0.15) is 29.8 Å². The third-order valence-electron chi connectivity index (χ3n) is 6.17. The van der Waals surface area contributed by atoms with Crippen LogP contribution in [0.3, 0.4) is 0 Å². The molecule has 1 aliphatic rings. The number of urea groups is 1. The number of carbonyl (C=O) groups excluding carboxylic acids is 2. The Bertz CT molecular complexity index is 1210. The summed E-state index contributed by atoms with van der Waals surface area (Å²) in [6.45, 7) is 7.23. The van der Waals surface area contributed by atoms with E-state index in [0.717, 1.165) is 44.0 Å². The van der Waals surface area contributed by atoms with Gasteiger partial charge in [0, 0.05) is 42.6 Å². The molecule has 0 saturated carbocycles. The number of esters is 1. The van der Waals surface area contributed by atoms with Crippen molar-refractivity contribution >= 4 is 46.4 Å². The standard InChI is InChI=1S/C28H31ClN4O3/c1-3-20-8-11-23(12-9-20)30-28(35)31-25-18-21(27(34)36-4-2)10-13-26(25)33-16-14-32(15-17-33)24-7-5-6-22(29)19-24/h5-13,18-19H,3-4,14-17H2,1-2H3,(H2,30,31,35). The summed E-state index contributed by atoms with van der Waals surface area (Å²) in [5, 5.41) is 6.53. The smallest absolute Gasteiger partial charge is 0.338 e. The number of ether oxygens (including phenoxy) is 1. The summed E-state index contributed by atoms with van der Waals surface area (Å²) in [5.41, 5.74) is 4.78. The maximum Gasteiger partial charge on any atom is 0.338 e. The van der Waals surface area contributed by atoms with Crippen molar-refractivity contribution in [1.29, 1.82) is 0 Å². The lowest BCUT2D eigenvalue weighted by molar-refractivity contribution is 0.0526. The molecule has 3 aromatic rings. The number of nitrogens with one attached hydrogen (secondary N) is 2. The van der Waals surface area contributed by atoms with Gasteiger partial charge in [-0.25, -0.2) is 9.59 Å². The van der Waals surface area contributed by atoms with Crippen LogP contribution in [0, 0.1) is 0 Å². The van der Waals surface area contributed by atoms with E-state index in [2.05, 4.69) is 33.4 Å². The SMILES string of the molecule is CCOC(=O)c1ccc(N2CCN(c3cccc(Cl)c3)CC2)c(NC(=O)Nc2ccc(CC)cc2)c1. The molecule has 0 unspecified atom stereocenters. The van der Waals surface area contributed by atoms with E-state index in [4.69, 9.17) is 16.3 Å². The van der Waals surface area contributed by atoms with Crippen LogP contribution >= 0.6 is 11.6 Å². The van der Waals surface area contributed by atoms with Crippen molar-refractivity contribution in [2.45, 2.75) is 20.3 Å². The molecule has 3 aromatic carbocycles. The van der Waals surface area contributed by atoms with Gasteiger partial charge in [-0.3, -0.25) is 0 Å². The number of hydrogen-bond acceptors (Lipinski definition) is 5. The Balaban J connectivity index is 1.51. The predicted molar refractivity (Wildman–Crippen MR) is 147 cm³/mol. The van der Waals surface area contributed by atoms with Crippen molar-refractivity contribution in [2.75, 3.05) is 53.2 Å². The molecule has 2 N–H and O–H groups in total. The zero-order valence-electron chi connectivity index (χ0n) is 20.6. The third kappa shape index (κ3) is 6.29. The van der Waals surface area contributed by atoms with Crippen LogP contribution in [0.25, 0.3) is 0 Å². The fourth-order valence-corrected chi connectivity index (χ4v) is 4.42. The van der Waals surface area contributed by atoms with E-state index >= 15 is 0 Å². The predicted octanol–water partition coefficient (Wildman–Crippen LogP) is 6.05. The first-order chi connectivity index (χ1) is 17.5. The first kappa shape index (κ1) is 25.4. The number of benzene rings is 3. The summed E-state index contributed by atoms with van der Waals surface area (Å²) in [6.07, 6.45) is 0.932. The average Bonchev–Trinajstić information content (AvgIpc) is 2.89. The van der Waals surface area contributed by atoms with Crippen molar-refractivity contribution in [2.24, 2.45) is 0 Å². The summed E-state index contributed by atoms with van der Waals surface area (Å²) >= 11 is 6.17. The van der Waals surface area contributed by atoms with Gasteiger partial charge in [-0.1, -0.05) is 36.7 Å². The number of anilines is 4.